The fraction of sp³-hybridized carbons (Fsp3) is 0.176. The van der Waals surface area contributed by atoms with Crippen molar-refractivity contribution >= 4 is 58.4 Å². The van der Waals surface area contributed by atoms with E-state index in [-0.39, 0.29) is 6.61 Å². The van der Waals surface area contributed by atoms with Gasteiger partial charge in [-0.15, -0.1) is 5.10 Å². The third-order valence-corrected chi connectivity index (χ3v) is 5.39. The van der Waals surface area contributed by atoms with Crippen LogP contribution in [0.15, 0.2) is 30.3 Å². The molecule has 0 unspecified atom stereocenters. The summed E-state index contributed by atoms with van der Waals surface area (Å²) in [5, 5.41) is 9.23. The molecule has 0 aliphatic rings. The lowest BCUT2D eigenvalue weighted by molar-refractivity contribution is -0.139. The molecule has 0 amide bonds. The normalized spacial score (nSPS) is 11.3. The Labute approximate surface area is 174 Å². The average Bonchev–Trinajstić information content (AvgIpc) is 3.16. The molecule has 0 atom stereocenters. The summed E-state index contributed by atoms with van der Waals surface area (Å²) >= 11 is 19.5. The minimum atomic E-state index is -0.548. The fourth-order valence-electron chi connectivity index (χ4n) is 2.27. The average molecular weight is 444 g/mol. The van der Waals surface area contributed by atoms with Gasteiger partial charge in [0.2, 0.25) is 0 Å². The summed E-state index contributed by atoms with van der Waals surface area (Å²) in [6.07, 6.45) is 2.85. The molecule has 27 heavy (non-hydrogen) atoms. The Morgan fingerprint density at radius 3 is 2.78 bits per heavy atom. The fourth-order valence-corrected chi connectivity index (χ4v) is 3.37. The summed E-state index contributed by atoms with van der Waals surface area (Å²) in [4.78, 5) is 11.9. The second kappa shape index (κ2) is 8.84. The zero-order valence-electron chi connectivity index (χ0n) is 14.0. The summed E-state index contributed by atoms with van der Waals surface area (Å²) in [6, 6.07) is 7.46. The van der Waals surface area contributed by atoms with Gasteiger partial charge < -0.3 is 4.74 Å². The van der Waals surface area contributed by atoms with E-state index in [4.69, 9.17) is 39.5 Å². The predicted molar refractivity (Wildman–Crippen MR) is 106 cm³/mol. The van der Waals surface area contributed by atoms with Crippen LogP contribution < -0.4 is 0 Å². The molecule has 0 radical (unpaired) electrons. The molecule has 2 heterocycles. The highest BCUT2D eigenvalue weighted by Gasteiger charge is 2.13. The maximum atomic E-state index is 11.9. The number of carbonyl (C=O) groups excluding carboxylic acids is 1. The molecule has 0 fully saturated rings. The minimum Gasteiger partial charge on any atom is -0.456 e. The lowest BCUT2D eigenvalue weighted by atomic mass is 10.2. The maximum absolute atomic E-state index is 11.9. The number of carbonyl (C=O) groups is 1. The van der Waals surface area contributed by atoms with Crippen LogP contribution in [0.4, 0.5) is 0 Å². The highest BCUT2D eigenvalue weighted by atomic mass is 35.5. The highest BCUT2D eigenvalue weighted by Crippen LogP contribution is 2.24. The number of aryl methyl sites for hydroxylation is 1. The Balaban J connectivity index is 1.69. The van der Waals surface area contributed by atoms with Gasteiger partial charge in [0.25, 0.3) is 0 Å². The monoisotopic (exact) mass is 442 g/mol. The van der Waals surface area contributed by atoms with E-state index in [1.165, 1.54) is 6.08 Å². The van der Waals surface area contributed by atoms with Gasteiger partial charge in [0, 0.05) is 28.2 Å². The van der Waals surface area contributed by atoms with Crippen molar-refractivity contribution < 1.29 is 9.53 Å². The molecule has 0 aliphatic heterocycles. The van der Waals surface area contributed by atoms with Crippen LogP contribution in [0.3, 0.4) is 0 Å². The zero-order valence-corrected chi connectivity index (χ0v) is 17.1. The summed E-state index contributed by atoms with van der Waals surface area (Å²) < 4.78 is 10.8. The third-order valence-electron chi connectivity index (χ3n) is 3.63. The molecule has 0 saturated carbocycles. The van der Waals surface area contributed by atoms with Crippen molar-refractivity contribution in [1.82, 2.24) is 19.4 Å². The van der Waals surface area contributed by atoms with E-state index in [9.17, 15) is 4.79 Å². The molecule has 140 valence electrons. The Morgan fingerprint density at radius 1 is 1.30 bits per heavy atom. The van der Waals surface area contributed by atoms with Crippen molar-refractivity contribution in [2.75, 3.05) is 0 Å². The van der Waals surface area contributed by atoms with Gasteiger partial charge in [-0.3, -0.25) is 0 Å². The van der Waals surface area contributed by atoms with Crippen LogP contribution >= 0.6 is 46.3 Å². The van der Waals surface area contributed by atoms with Crippen LogP contribution in [-0.4, -0.2) is 25.3 Å². The quantitative estimate of drug-likeness (QED) is 0.404. The standard InChI is InChI=1S/C17H13Cl3N4O2S/c1-10-12(6-7-15(25)26-9-14-17(20)27-23-21-14)16(19)24(22-10)8-11-4-2-3-5-13(11)18/h2-7H,8-9H2,1H3/b7-6+. The molecule has 6 nitrogen and oxygen atoms in total. The lowest BCUT2D eigenvalue weighted by Gasteiger charge is -2.05. The molecule has 2 aromatic heterocycles. The topological polar surface area (TPSA) is 69.9 Å². The first-order valence-corrected chi connectivity index (χ1v) is 9.64. The number of halogens is 3. The SMILES string of the molecule is Cc1nn(Cc2ccccc2Cl)c(Cl)c1/C=C/C(=O)OCc1nnsc1Cl. The van der Waals surface area contributed by atoms with Crippen molar-refractivity contribution in [2.24, 2.45) is 0 Å². The molecular formula is C17H13Cl3N4O2S. The molecule has 3 rings (SSSR count). The number of benzene rings is 1. The Kier molecular flexibility index (Phi) is 6.49. The van der Waals surface area contributed by atoms with Gasteiger partial charge in [-0.1, -0.05) is 57.5 Å². The lowest BCUT2D eigenvalue weighted by Crippen LogP contribution is -2.02. The number of hydrogen-bond donors (Lipinski definition) is 0. The Hall–Kier alpha value is -1.93. The minimum absolute atomic E-state index is 0.0447. The van der Waals surface area contributed by atoms with E-state index >= 15 is 0 Å². The molecule has 0 spiro atoms. The zero-order chi connectivity index (χ0) is 19.4. The Morgan fingerprint density at radius 2 is 2.07 bits per heavy atom. The van der Waals surface area contributed by atoms with E-state index in [2.05, 4.69) is 14.7 Å². The van der Waals surface area contributed by atoms with Crippen LogP contribution in [0, 0.1) is 6.92 Å². The first kappa shape index (κ1) is 19.8. The number of esters is 1. The van der Waals surface area contributed by atoms with Gasteiger partial charge in [-0.25, -0.2) is 9.48 Å². The predicted octanol–water partition coefficient (Wildman–Crippen LogP) is 4.81. The molecule has 1 aromatic carbocycles. The summed E-state index contributed by atoms with van der Waals surface area (Å²) in [7, 11) is 0. The number of ether oxygens (including phenoxy) is 1. The Bertz CT molecular complexity index is 1000. The molecule has 3 aromatic rings. The maximum Gasteiger partial charge on any atom is 0.331 e. The summed E-state index contributed by atoms with van der Waals surface area (Å²) in [6.45, 7) is 2.19. The van der Waals surface area contributed by atoms with Crippen molar-refractivity contribution in [3.05, 3.63) is 67.4 Å². The number of hydrogen-bond acceptors (Lipinski definition) is 6. The van der Waals surface area contributed by atoms with E-state index in [0.29, 0.717) is 38.0 Å². The van der Waals surface area contributed by atoms with Gasteiger partial charge in [0.15, 0.2) is 0 Å². The van der Waals surface area contributed by atoms with Crippen molar-refractivity contribution in [3.63, 3.8) is 0 Å². The van der Waals surface area contributed by atoms with Crippen LogP contribution in [-0.2, 0) is 22.7 Å². The molecule has 0 aliphatic carbocycles. The van der Waals surface area contributed by atoms with Crippen molar-refractivity contribution in [2.45, 2.75) is 20.1 Å². The van der Waals surface area contributed by atoms with Crippen LogP contribution in [0.1, 0.15) is 22.5 Å². The highest BCUT2D eigenvalue weighted by molar-refractivity contribution is 7.10. The van der Waals surface area contributed by atoms with E-state index in [0.717, 1.165) is 17.1 Å². The van der Waals surface area contributed by atoms with Crippen molar-refractivity contribution in [1.29, 1.82) is 0 Å². The van der Waals surface area contributed by atoms with Crippen LogP contribution in [0.25, 0.3) is 6.08 Å². The van der Waals surface area contributed by atoms with Gasteiger partial charge in [0.05, 0.1) is 12.2 Å². The smallest absolute Gasteiger partial charge is 0.331 e. The molecule has 0 saturated heterocycles. The number of nitrogens with zero attached hydrogens (tertiary/aromatic N) is 4. The van der Waals surface area contributed by atoms with Gasteiger partial charge >= 0.3 is 5.97 Å². The second-order valence-corrected chi connectivity index (χ2v) is 7.59. The molecule has 0 N–H and O–H groups in total. The van der Waals surface area contributed by atoms with Crippen LogP contribution in [0.5, 0.6) is 0 Å². The molecule has 10 heteroatoms. The van der Waals surface area contributed by atoms with E-state index in [1.807, 2.05) is 24.3 Å². The van der Waals surface area contributed by atoms with Gasteiger partial charge in [0.1, 0.15) is 21.8 Å². The first-order valence-electron chi connectivity index (χ1n) is 7.73. The number of rotatable bonds is 6. The molecule has 0 bridgehead atoms. The van der Waals surface area contributed by atoms with E-state index in [1.54, 1.807) is 17.7 Å². The molecular weight excluding hydrogens is 431 g/mol. The summed E-state index contributed by atoms with van der Waals surface area (Å²) in [5.41, 5.74) is 2.63. The first-order chi connectivity index (χ1) is 13.0. The largest absolute Gasteiger partial charge is 0.456 e. The summed E-state index contributed by atoms with van der Waals surface area (Å²) in [5.74, 6) is -0.548. The number of aromatic nitrogens is 4. The third kappa shape index (κ3) is 4.87. The van der Waals surface area contributed by atoms with E-state index < -0.39 is 5.97 Å². The van der Waals surface area contributed by atoms with Crippen LogP contribution in [0.2, 0.25) is 14.5 Å². The van der Waals surface area contributed by atoms with Gasteiger partial charge in [-0.05, 0) is 24.6 Å². The van der Waals surface area contributed by atoms with Gasteiger partial charge in [-0.2, -0.15) is 5.10 Å². The second-order valence-electron chi connectivity index (χ2n) is 5.47. The van der Waals surface area contributed by atoms with Crippen molar-refractivity contribution in [3.8, 4) is 0 Å².